The van der Waals surface area contributed by atoms with Gasteiger partial charge in [0.05, 0.1) is 34.6 Å². The molecule has 136 valence electrons. The molecule has 3 rings (SSSR count). The fraction of sp³-hybridized carbons (Fsp3) is 0.400. The molecule has 0 bridgehead atoms. The highest BCUT2D eigenvalue weighted by Gasteiger charge is 2.34. The van der Waals surface area contributed by atoms with Gasteiger partial charge in [-0.25, -0.2) is 21.2 Å². The number of nitrogens with one attached hydrogen (secondary N) is 1. The van der Waals surface area contributed by atoms with Crippen molar-refractivity contribution in [3.8, 4) is 0 Å². The van der Waals surface area contributed by atoms with Crippen molar-refractivity contribution in [2.24, 2.45) is 0 Å². The third-order valence-electron chi connectivity index (χ3n) is 4.20. The maximum absolute atomic E-state index is 13.8. The van der Waals surface area contributed by atoms with Crippen LogP contribution < -0.4 is 4.72 Å². The normalized spacial score (nSPS) is 19.9. The van der Waals surface area contributed by atoms with Gasteiger partial charge in [0.15, 0.2) is 9.84 Å². The Morgan fingerprint density at radius 1 is 1.28 bits per heavy atom. The largest absolute Gasteiger partial charge is 0.277 e. The first-order chi connectivity index (χ1) is 11.6. The van der Waals surface area contributed by atoms with E-state index < -0.39 is 25.7 Å². The Hall–Kier alpha value is -1.94. The highest BCUT2D eigenvalue weighted by atomic mass is 32.2. The Bertz CT molecular complexity index is 1030. The average Bonchev–Trinajstić information content (AvgIpc) is 3.00. The zero-order valence-corrected chi connectivity index (χ0v) is 15.4. The van der Waals surface area contributed by atoms with E-state index in [-0.39, 0.29) is 33.8 Å². The molecule has 25 heavy (non-hydrogen) atoms. The second kappa shape index (κ2) is 6.10. The maximum atomic E-state index is 13.8. The lowest BCUT2D eigenvalue weighted by atomic mass is 10.2. The van der Waals surface area contributed by atoms with Gasteiger partial charge in [0.2, 0.25) is 0 Å². The predicted molar refractivity (Wildman–Crippen MR) is 91.2 cm³/mol. The Balaban J connectivity index is 1.99. The van der Waals surface area contributed by atoms with E-state index in [4.69, 9.17) is 0 Å². The fourth-order valence-corrected chi connectivity index (χ4v) is 6.26. The lowest BCUT2D eigenvalue weighted by molar-refractivity contribution is 0.484. The summed E-state index contributed by atoms with van der Waals surface area (Å²) < 4.78 is 66.2. The number of para-hydroxylation sites is 1. The van der Waals surface area contributed by atoms with Crippen molar-refractivity contribution >= 4 is 25.5 Å². The smallest absolute Gasteiger partial charge is 0.265 e. The van der Waals surface area contributed by atoms with E-state index in [0.717, 1.165) is 6.07 Å². The van der Waals surface area contributed by atoms with Crippen molar-refractivity contribution < 1.29 is 21.2 Å². The van der Waals surface area contributed by atoms with Crippen LogP contribution >= 0.6 is 0 Å². The molecule has 0 aliphatic carbocycles. The fourth-order valence-electron chi connectivity index (χ4n) is 3.10. The van der Waals surface area contributed by atoms with Gasteiger partial charge >= 0.3 is 0 Å². The minimum Gasteiger partial charge on any atom is -0.277 e. The monoisotopic (exact) mass is 387 g/mol. The Labute approximate surface area is 145 Å². The van der Waals surface area contributed by atoms with Gasteiger partial charge < -0.3 is 0 Å². The van der Waals surface area contributed by atoms with Crippen LogP contribution in [0, 0.1) is 19.7 Å². The number of hydrogen-bond donors (Lipinski definition) is 1. The summed E-state index contributed by atoms with van der Waals surface area (Å²) in [6.07, 6.45) is 0.393. The summed E-state index contributed by atoms with van der Waals surface area (Å²) >= 11 is 0. The minimum atomic E-state index is -4.06. The molecule has 0 spiro atoms. The molecule has 1 fully saturated rings. The van der Waals surface area contributed by atoms with Gasteiger partial charge in [0.1, 0.15) is 10.7 Å². The molecule has 1 atom stereocenters. The first kappa shape index (κ1) is 17.9. The van der Waals surface area contributed by atoms with Crippen molar-refractivity contribution in [1.29, 1.82) is 0 Å². The summed E-state index contributed by atoms with van der Waals surface area (Å²) in [4.78, 5) is -0.0555. The van der Waals surface area contributed by atoms with Crippen LogP contribution in [-0.4, -0.2) is 38.1 Å². The molecule has 7 nitrogen and oxygen atoms in total. The van der Waals surface area contributed by atoms with E-state index in [1.54, 1.807) is 6.92 Å². The molecule has 0 saturated carbocycles. The van der Waals surface area contributed by atoms with E-state index in [2.05, 4.69) is 9.82 Å². The molecule has 1 aliphatic heterocycles. The van der Waals surface area contributed by atoms with Gasteiger partial charge in [-0.15, -0.1) is 0 Å². The molecular weight excluding hydrogens is 369 g/mol. The highest BCUT2D eigenvalue weighted by Crippen LogP contribution is 2.30. The van der Waals surface area contributed by atoms with Crippen LogP contribution in [0.15, 0.2) is 29.2 Å². The quantitative estimate of drug-likeness (QED) is 0.863. The van der Waals surface area contributed by atoms with Gasteiger partial charge in [-0.2, -0.15) is 5.10 Å². The van der Waals surface area contributed by atoms with Crippen molar-refractivity contribution in [1.82, 2.24) is 9.78 Å². The van der Waals surface area contributed by atoms with E-state index in [1.165, 1.54) is 29.8 Å². The van der Waals surface area contributed by atoms with Gasteiger partial charge in [-0.1, -0.05) is 12.1 Å². The van der Waals surface area contributed by atoms with E-state index in [1.807, 2.05) is 0 Å². The first-order valence-electron chi connectivity index (χ1n) is 7.64. The van der Waals surface area contributed by atoms with Crippen LogP contribution in [0.4, 0.5) is 10.1 Å². The summed E-state index contributed by atoms with van der Waals surface area (Å²) in [5, 5.41) is 4.23. The number of benzene rings is 1. The number of sulfonamides is 1. The molecule has 1 aliphatic rings. The van der Waals surface area contributed by atoms with Crippen molar-refractivity contribution in [2.45, 2.75) is 31.2 Å². The molecule has 1 unspecified atom stereocenters. The number of hydrogen-bond acceptors (Lipinski definition) is 5. The lowest BCUT2D eigenvalue weighted by Crippen LogP contribution is -2.17. The second-order valence-electron chi connectivity index (χ2n) is 6.09. The molecule has 2 aromatic rings. The molecular formula is C15H18FN3O4S2. The highest BCUT2D eigenvalue weighted by molar-refractivity contribution is 7.92. The van der Waals surface area contributed by atoms with Crippen LogP contribution in [0.1, 0.15) is 23.9 Å². The third kappa shape index (κ3) is 3.40. The molecule has 1 N–H and O–H groups in total. The first-order valence-corrected chi connectivity index (χ1v) is 10.9. The van der Waals surface area contributed by atoms with Crippen molar-refractivity contribution in [3.63, 3.8) is 0 Å². The summed E-state index contributed by atoms with van der Waals surface area (Å²) in [5.74, 6) is -0.684. The maximum Gasteiger partial charge on any atom is 0.265 e. The van der Waals surface area contributed by atoms with Crippen LogP contribution in [-0.2, 0) is 19.9 Å². The Morgan fingerprint density at radius 2 is 1.96 bits per heavy atom. The van der Waals surface area contributed by atoms with Gasteiger partial charge in [0, 0.05) is 0 Å². The zero-order chi connectivity index (χ0) is 18.4. The van der Waals surface area contributed by atoms with Gasteiger partial charge in [-0.3, -0.25) is 9.40 Å². The summed E-state index contributed by atoms with van der Waals surface area (Å²) in [6, 6.07) is 5.08. The molecule has 2 heterocycles. The van der Waals surface area contributed by atoms with Crippen LogP contribution in [0.5, 0.6) is 0 Å². The van der Waals surface area contributed by atoms with Crippen molar-refractivity contribution in [2.75, 3.05) is 16.2 Å². The molecule has 10 heteroatoms. The Morgan fingerprint density at radius 3 is 2.56 bits per heavy atom. The van der Waals surface area contributed by atoms with Crippen LogP contribution in [0.3, 0.4) is 0 Å². The average molecular weight is 387 g/mol. The van der Waals surface area contributed by atoms with Crippen molar-refractivity contribution in [3.05, 3.63) is 41.5 Å². The molecule has 1 saturated heterocycles. The topological polar surface area (TPSA) is 98.1 Å². The van der Waals surface area contributed by atoms with E-state index in [0.29, 0.717) is 12.1 Å². The van der Waals surface area contributed by atoms with E-state index >= 15 is 0 Å². The summed E-state index contributed by atoms with van der Waals surface area (Å²) in [7, 11) is -7.19. The molecule has 1 aromatic heterocycles. The van der Waals surface area contributed by atoms with E-state index in [9.17, 15) is 21.2 Å². The number of aromatic nitrogens is 2. The number of rotatable bonds is 4. The molecule has 0 amide bonds. The number of anilines is 1. The number of sulfone groups is 1. The number of nitrogens with zero attached hydrogens (tertiary/aromatic N) is 2. The van der Waals surface area contributed by atoms with Gasteiger partial charge in [0.25, 0.3) is 10.0 Å². The Kier molecular flexibility index (Phi) is 4.36. The standard InChI is InChI=1S/C15H18FN3O4S2/c1-10-15(25(22,23)18-14-6-4-3-5-13(14)16)11(2)19(17-10)12-7-8-24(20,21)9-12/h3-6,12,18H,7-9H2,1-2H3. The number of halogens is 1. The lowest BCUT2D eigenvalue weighted by Gasteiger charge is -2.12. The van der Waals surface area contributed by atoms with Crippen LogP contribution in [0.2, 0.25) is 0 Å². The second-order valence-corrected chi connectivity index (χ2v) is 9.93. The third-order valence-corrected chi connectivity index (χ3v) is 7.57. The number of aryl methyl sites for hydroxylation is 1. The zero-order valence-electron chi connectivity index (χ0n) is 13.7. The van der Waals surface area contributed by atoms with Gasteiger partial charge in [-0.05, 0) is 32.4 Å². The van der Waals surface area contributed by atoms with Crippen LogP contribution in [0.25, 0.3) is 0 Å². The molecule has 0 radical (unpaired) electrons. The summed E-state index contributed by atoms with van der Waals surface area (Å²) in [5.41, 5.74) is 0.423. The summed E-state index contributed by atoms with van der Waals surface area (Å²) in [6.45, 7) is 3.10. The predicted octanol–water partition coefficient (Wildman–Crippen LogP) is 1.80. The SMILES string of the molecule is Cc1nn(C2CCS(=O)(=O)C2)c(C)c1S(=O)(=O)Nc1ccccc1F. The minimum absolute atomic E-state index is 0.0555. The molecule has 1 aromatic carbocycles.